The minimum absolute atomic E-state index is 0.134. The highest BCUT2D eigenvalue weighted by Gasteiger charge is 2.17. The average Bonchev–Trinajstić information content (AvgIpc) is 2.80. The van der Waals surface area contributed by atoms with Crippen molar-refractivity contribution in [1.82, 2.24) is 10.3 Å². The van der Waals surface area contributed by atoms with E-state index in [9.17, 15) is 14.4 Å². The van der Waals surface area contributed by atoms with Gasteiger partial charge in [-0.05, 0) is 50.1 Å². The zero-order valence-corrected chi connectivity index (χ0v) is 18.1. The summed E-state index contributed by atoms with van der Waals surface area (Å²) >= 11 is 0. The van der Waals surface area contributed by atoms with Gasteiger partial charge in [0.2, 0.25) is 0 Å². The number of amides is 2. The Morgan fingerprint density at radius 2 is 1.59 bits per heavy atom. The highest BCUT2D eigenvalue weighted by atomic mass is 16.5. The van der Waals surface area contributed by atoms with Crippen LogP contribution in [0.1, 0.15) is 49.4 Å². The van der Waals surface area contributed by atoms with Gasteiger partial charge in [-0.2, -0.15) is 0 Å². The number of aromatic nitrogens is 1. The first-order valence-corrected chi connectivity index (χ1v) is 10.4. The van der Waals surface area contributed by atoms with Crippen LogP contribution in [0.2, 0.25) is 0 Å². The quantitative estimate of drug-likeness (QED) is 0.529. The van der Waals surface area contributed by atoms with Gasteiger partial charge in [-0.15, -0.1) is 0 Å². The first kappa shape index (κ1) is 22.7. The minimum Gasteiger partial charge on any atom is -0.462 e. The third kappa shape index (κ3) is 5.78. The van der Waals surface area contributed by atoms with Gasteiger partial charge in [0.25, 0.3) is 11.8 Å². The fourth-order valence-electron chi connectivity index (χ4n) is 3.15. The molecule has 0 aliphatic heterocycles. The summed E-state index contributed by atoms with van der Waals surface area (Å²) < 4.78 is 4.98. The molecule has 1 aromatic heterocycles. The number of hydrogen-bond donors (Lipinski definition) is 2. The molecule has 32 heavy (non-hydrogen) atoms. The molecule has 0 spiro atoms. The lowest BCUT2D eigenvalue weighted by Crippen LogP contribution is -2.27. The summed E-state index contributed by atoms with van der Waals surface area (Å²) in [4.78, 5) is 41.5. The molecular formula is C25H25N3O4. The van der Waals surface area contributed by atoms with E-state index in [-0.39, 0.29) is 18.2 Å². The summed E-state index contributed by atoms with van der Waals surface area (Å²) in [5.74, 6) is -1.24. The van der Waals surface area contributed by atoms with Crippen LogP contribution in [0.15, 0.2) is 66.7 Å². The fraction of sp³-hybridized carbons (Fsp3) is 0.200. The monoisotopic (exact) mass is 431 g/mol. The number of carbonyl (C=O) groups excluding carboxylic acids is 3. The van der Waals surface area contributed by atoms with E-state index >= 15 is 0 Å². The van der Waals surface area contributed by atoms with Crippen molar-refractivity contribution in [3.05, 3.63) is 94.8 Å². The van der Waals surface area contributed by atoms with Crippen LogP contribution in [0, 0.1) is 6.92 Å². The van der Waals surface area contributed by atoms with Crippen LogP contribution in [0.3, 0.4) is 0 Å². The Labute approximate surface area is 186 Å². The Kier molecular flexibility index (Phi) is 7.70. The molecule has 1 heterocycles. The highest BCUT2D eigenvalue weighted by Crippen LogP contribution is 2.17. The van der Waals surface area contributed by atoms with Crippen molar-refractivity contribution in [2.75, 3.05) is 18.5 Å². The zero-order valence-electron chi connectivity index (χ0n) is 18.1. The number of nitrogens with one attached hydrogen (secondary N) is 2. The summed E-state index contributed by atoms with van der Waals surface area (Å²) in [5, 5.41) is 5.62. The van der Waals surface area contributed by atoms with E-state index in [1.165, 1.54) is 12.1 Å². The molecule has 0 radical (unpaired) electrons. The van der Waals surface area contributed by atoms with Crippen LogP contribution < -0.4 is 10.6 Å². The molecule has 7 heteroatoms. The summed E-state index contributed by atoms with van der Waals surface area (Å²) in [6.07, 6.45) is 0.705. The predicted octanol–water partition coefficient (Wildman–Crippen LogP) is 3.79. The largest absolute Gasteiger partial charge is 0.462 e. The second-order valence-electron chi connectivity index (χ2n) is 7.04. The number of benzene rings is 2. The second kappa shape index (κ2) is 10.9. The topological polar surface area (TPSA) is 97.4 Å². The number of aryl methyl sites for hydroxylation is 1. The van der Waals surface area contributed by atoms with Crippen molar-refractivity contribution < 1.29 is 19.1 Å². The van der Waals surface area contributed by atoms with Gasteiger partial charge in [0, 0.05) is 6.54 Å². The van der Waals surface area contributed by atoms with Crippen molar-refractivity contribution in [2.45, 2.75) is 20.3 Å². The molecule has 0 bridgehead atoms. The van der Waals surface area contributed by atoms with Crippen LogP contribution in [0.25, 0.3) is 0 Å². The van der Waals surface area contributed by atoms with Gasteiger partial charge in [-0.1, -0.05) is 42.5 Å². The lowest BCUT2D eigenvalue weighted by molar-refractivity contribution is 0.0524. The molecule has 0 saturated heterocycles. The van der Waals surface area contributed by atoms with E-state index < -0.39 is 11.9 Å². The van der Waals surface area contributed by atoms with Gasteiger partial charge in [0.05, 0.1) is 29.1 Å². The standard InChI is InChI=1S/C25H25N3O4/c1-3-32-25(31)19-13-14-22(27-17(19)2)24(30)28-21-12-8-7-11-20(21)23(29)26-16-15-18-9-5-4-6-10-18/h4-14H,3,15-16H2,1-2H3,(H,26,29)(H,28,30). The SMILES string of the molecule is CCOC(=O)c1ccc(C(=O)Nc2ccccc2C(=O)NCCc2ccccc2)nc1C. The number of para-hydroxylation sites is 1. The lowest BCUT2D eigenvalue weighted by atomic mass is 10.1. The Bertz CT molecular complexity index is 1110. The molecule has 0 aliphatic rings. The molecule has 164 valence electrons. The normalized spacial score (nSPS) is 10.3. The number of hydrogen-bond acceptors (Lipinski definition) is 5. The molecule has 3 rings (SSSR count). The molecule has 0 unspecified atom stereocenters. The van der Waals surface area contributed by atoms with Gasteiger partial charge < -0.3 is 15.4 Å². The lowest BCUT2D eigenvalue weighted by Gasteiger charge is -2.12. The van der Waals surface area contributed by atoms with Crippen molar-refractivity contribution >= 4 is 23.5 Å². The number of carbonyl (C=O) groups is 3. The van der Waals surface area contributed by atoms with Crippen molar-refractivity contribution in [3.8, 4) is 0 Å². The predicted molar refractivity (Wildman–Crippen MR) is 122 cm³/mol. The number of nitrogens with zero attached hydrogens (tertiary/aromatic N) is 1. The van der Waals surface area contributed by atoms with Gasteiger partial charge >= 0.3 is 5.97 Å². The van der Waals surface area contributed by atoms with E-state index in [1.54, 1.807) is 38.1 Å². The van der Waals surface area contributed by atoms with Crippen molar-refractivity contribution in [2.24, 2.45) is 0 Å². The maximum absolute atomic E-state index is 12.7. The first-order valence-electron chi connectivity index (χ1n) is 10.4. The smallest absolute Gasteiger partial charge is 0.339 e. The van der Waals surface area contributed by atoms with Crippen molar-refractivity contribution in [1.29, 1.82) is 0 Å². The van der Waals surface area contributed by atoms with E-state index in [2.05, 4.69) is 15.6 Å². The second-order valence-corrected chi connectivity index (χ2v) is 7.04. The third-order valence-electron chi connectivity index (χ3n) is 4.78. The van der Waals surface area contributed by atoms with Crippen LogP contribution in [-0.4, -0.2) is 35.9 Å². The van der Waals surface area contributed by atoms with E-state index in [1.807, 2.05) is 30.3 Å². The van der Waals surface area contributed by atoms with Gasteiger partial charge in [0.1, 0.15) is 5.69 Å². The molecule has 0 atom stereocenters. The summed E-state index contributed by atoms with van der Waals surface area (Å²) in [6.45, 7) is 4.08. The summed E-state index contributed by atoms with van der Waals surface area (Å²) in [5.41, 5.74) is 2.69. The first-order chi connectivity index (χ1) is 15.5. The minimum atomic E-state index is -0.484. The molecule has 0 fully saturated rings. The summed E-state index contributed by atoms with van der Waals surface area (Å²) in [7, 11) is 0. The molecule has 2 amide bonds. The third-order valence-corrected chi connectivity index (χ3v) is 4.78. The van der Waals surface area contributed by atoms with Gasteiger partial charge in [-0.3, -0.25) is 9.59 Å². The number of anilines is 1. The van der Waals surface area contributed by atoms with Gasteiger partial charge in [0.15, 0.2) is 0 Å². The van der Waals surface area contributed by atoms with E-state index in [4.69, 9.17) is 4.74 Å². The molecule has 7 nitrogen and oxygen atoms in total. The number of esters is 1. The van der Waals surface area contributed by atoms with Crippen LogP contribution in [0.4, 0.5) is 5.69 Å². The number of ether oxygens (including phenoxy) is 1. The Hall–Kier alpha value is -4.00. The van der Waals surface area contributed by atoms with Crippen LogP contribution in [0.5, 0.6) is 0 Å². The Morgan fingerprint density at radius 3 is 2.31 bits per heavy atom. The maximum Gasteiger partial charge on any atom is 0.339 e. The fourth-order valence-corrected chi connectivity index (χ4v) is 3.15. The Balaban J connectivity index is 1.67. The summed E-state index contributed by atoms with van der Waals surface area (Å²) in [6, 6.07) is 19.6. The molecular weight excluding hydrogens is 406 g/mol. The molecule has 0 saturated carbocycles. The molecule has 3 aromatic rings. The highest BCUT2D eigenvalue weighted by molar-refractivity contribution is 6.08. The molecule has 0 aliphatic carbocycles. The number of pyridine rings is 1. The van der Waals surface area contributed by atoms with Crippen LogP contribution >= 0.6 is 0 Å². The van der Waals surface area contributed by atoms with Gasteiger partial charge in [-0.25, -0.2) is 9.78 Å². The Morgan fingerprint density at radius 1 is 0.875 bits per heavy atom. The molecule has 2 aromatic carbocycles. The van der Waals surface area contributed by atoms with Crippen molar-refractivity contribution in [3.63, 3.8) is 0 Å². The number of rotatable bonds is 8. The van der Waals surface area contributed by atoms with Crippen LogP contribution in [-0.2, 0) is 11.2 Å². The molecule has 2 N–H and O–H groups in total. The zero-order chi connectivity index (χ0) is 22.9. The maximum atomic E-state index is 12.7. The van der Waals surface area contributed by atoms with E-state index in [0.717, 1.165) is 5.56 Å². The van der Waals surface area contributed by atoms with E-state index in [0.29, 0.717) is 35.5 Å². The average molecular weight is 431 g/mol.